The van der Waals surface area contributed by atoms with Gasteiger partial charge in [0, 0.05) is 19.6 Å². The van der Waals surface area contributed by atoms with Gasteiger partial charge in [-0.15, -0.1) is 0 Å². The van der Waals surface area contributed by atoms with Gasteiger partial charge in [0.15, 0.2) is 0 Å². The van der Waals surface area contributed by atoms with E-state index in [1.807, 2.05) is 6.92 Å². The smallest absolute Gasteiger partial charge is 0.322 e. The van der Waals surface area contributed by atoms with Crippen LogP contribution in [0, 0.1) is 11.8 Å². The first-order valence-electron chi connectivity index (χ1n) is 7.76. The van der Waals surface area contributed by atoms with Crippen LogP contribution >= 0.6 is 0 Å². The fourth-order valence-corrected chi connectivity index (χ4v) is 2.59. The van der Waals surface area contributed by atoms with E-state index in [4.69, 9.17) is 4.74 Å². The maximum absolute atomic E-state index is 11.7. The van der Waals surface area contributed by atoms with Crippen LogP contribution in [0.4, 0.5) is 0 Å². The molecule has 0 amide bonds. The Labute approximate surface area is 116 Å². The van der Waals surface area contributed by atoms with Gasteiger partial charge in [-0.05, 0) is 50.5 Å². The first-order chi connectivity index (χ1) is 9.22. The Bertz CT molecular complexity index is 274. The molecule has 0 aliphatic heterocycles. The minimum absolute atomic E-state index is 0.125. The molecule has 4 heteroatoms. The Morgan fingerprint density at radius 2 is 1.84 bits per heavy atom. The van der Waals surface area contributed by atoms with E-state index in [1.165, 1.54) is 45.9 Å². The summed E-state index contributed by atoms with van der Waals surface area (Å²) in [5, 5.41) is 3.23. The second kappa shape index (κ2) is 7.25. The lowest BCUT2D eigenvalue weighted by molar-refractivity contribution is -0.143. The zero-order chi connectivity index (χ0) is 13.7. The van der Waals surface area contributed by atoms with E-state index in [0.717, 1.165) is 31.3 Å². The Balaban J connectivity index is 1.75. The Hall–Kier alpha value is -0.610. The maximum atomic E-state index is 11.7. The summed E-state index contributed by atoms with van der Waals surface area (Å²) >= 11 is 0. The summed E-state index contributed by atoms with van der Waals surface area (Å²) in [6.45, 7) is 6.32. The van der Waals surface area contributed by atoms with Gasteiger partial charge in [-0.1, -0.05) is 6.92 Å². The number of ether oxygens (including phenoxy) is 1. The van der Waals surface area contributed by atoms with Gasteiger partial charge >= 0.3 is 5.97 Å². The molecule has 1 N–H and O–H groups in total. The van der Waals surface area contributed by atoms with Crippen LogP contribution in [0.3, 0.4) is 0 Å². The highest BCUT2D eigenvalue weighted by molar-refractivity contribution is 5.75. The molecule has 2 fully saturated rings. The average Bonchev–Trinajstić information content (AvgIpc) is 3.29. The van der Waals surface area contributed by atoms with Crippen molar-refractivity contribution in [3.8, 4) is 0 Å². The molecule has 0 bridgehead atoms. The summed E-state index contributed by atoms with van der Waals surface area (Å²) in [4.78, 5) is 14.3. The summed E-state index contributed by atoms with van der Waals surface area (Å²) in [5.74, 6) is 1.73. The molecule has 4 nitrogen and oxygen atoms in total. The third kappa shape index (κ3) is 5.49. The molecule has 19 heavy (non-hydrogen) atoms. The minimum Gasteiger partial charge on any atom is -0.468 e. The van der Waals surface area contributed by atoms with Crippen molar-refractivity contribution in [1.82, 2.24) is 10.2 Å². The normalized spacial score (nSPS) is 20.6. The Kier molecular flexibility index (Phi) is 5.64. The predicted molar refractivity (Wildman–Crippen MR) is 76.0 cm³/mol. The van der Waals surface area contributed by atoms with Crippen molar-refractivity contribution >= 4 is 5.97 Å². The van der Waals surface area contributed by atoms with Crippen LogP contribution in [0.25, 0.3) is 0 Å². The SMILES string of the molecule is CCNC(CCN(CC1CC1)CC1CC1)C(=O)OC. The number of nitrogens with one attached hydrogen (secondary N) is 1. The van der Waals surface area contributed by atoms with Crippen molar-refractivity contribution in [2.75, 3.05) is 33.3 Å². The van der Waals surface area contributed by atoms with Crippen LogP contribution in [0.1, 0.15) is 39.0 Å². The fourth-order valence-electron chi connectivity index (χ4n) is 2.59. The van der Waals surface area contributed by atoms with E-state index < -0.39 is 0 Å². The molecular formula is C15H28N2O2. The van der Waals surface area contributed by atoms with Gasteiger partial charge in [0.05, 0.1) is 7.11 Å². The van der Waals surface area contributed by atoms with Crippen molar-refractivity contribution in [2.45, 2.75) is 45.1 Å². The largest absolute Gasteiger partial charge is 0.468 e. The predicted octanol–water partition coefficient (Wildman–Crippen LogP) is 1.65. The number of hydrogen-bond acceptors (Lipinski definition) is 4. The molecule has 2 saturated carbocycles. The number of esters is 1. The zero-order valence-corrected chi connectivity index (χ0v) is 12.4. The molecule has 110 valence electrons. The van der Waals surface area contributed by atoms with Gasteiger partial charge < -0.3 is 15.0 Å². The van der Waals surface area contributed by atoms with E-state index in [2.05, 4.69) is 10.2 Å². The summed E-state index contributed by atoms with van der Waals surface area (Å²) in [6.07, 6.45) is 6.45. The molecule has 0 saturated heterocycles. The maximum Gasteiger partial charge on any atom is 0.322 e. The Morgan fingerprint density at radius 3 is 2.26 bits per heavy atom. The summed E-state index contributed by atoms with van der Waals surface area (Å²) in [7, 11) is 1.47. The van der Waals surface area contributed by atoms with Crippen LogP contribution in [-0.2, 0) is 9.53 Å². The van der Waals surface area contributed by atoms with E-state index >= 15 is 0 Å². The molecule has 0 aromatic carbocycles. The van der Waals surface area contributed by atoms with Crippen molar-refractivity contribution in [2.24, 2.45) is 11.8 Å². The highest BCUT2D eigenvalue weighted by atomic mass is 16.5. The number of carbonyl (C=O) groups is 1. The molecule has 2 aliphatic rings. The van der Waals surface area contributed by atoms with Crippen LogP contribution in [-0.4, -0.2) is 50.2 Å². The van der Waals surface area contributed by atoms with Crippen molar-refractivity contribution in [3.63, 3.8) is 0 Å². The monoisotopic (exact) mass is 268 g/mol. The van der Waals surface area contributed by atoms with Crippen LogP contribution in [0.15, 0.2) is 0 Å². The topological polar surface area (TPSA) is 41.6 Å². The van der Waals surface area contributed by atoms with E-state index in [0.29, 0.717) is 0 Å². The van der Waals surface area contributed by atoms with E-state index in [1.54, 1.807) is 0 Å². The minimum atomic E-state index is -0.143. The molecule has 0 spiro atoms. The second-order valence-electron chi connectivity index (χ2n) is 6.07. The number of rotatable bonds is 10. The third-order valence-corrected chi connectivity index (χ3v) is 4.10. The molecule has 0 aromatic rings. The molecule has 0 aromatic heterocycles. The van der Waals surface area contributed by atoms with Gasteiger partial charge in [0.25, 0.3) is 0 Å². The highest BCUT2D eigenvalue weighted by Gasteiger charge is 2.29. The highest BCUT2D eigenvalue weighted by Crippen LogP contribution is 2.33. The van der Waals surface area contributed by atoms with Gasteiger partial charge in [-0.25, -0.2) is 0 Å². The Morgan fingerprint density at radius 1 is 1.26 bits per heavy atom. The van der Waals surface area contributed by atoms with E-state index in [9.17, 15) is 4.79 Å². The van der Waals surface area contributed by atoms with Crippen molar-refractivity contribution in [1.29, 1.82) is 0 Å². The second-order valence-corrected chi connectivity index (χ2v) is 6.07. The first kappa shape index (κ1) is 14.8. The molecule has 2 rings (SSSR count). The fraction of sp³-hybridized carbons (Fsp3) is 0.933. The van der Waals surface area contributed by atoms with Crippen LogP contribution in [0.2, 0.25) is 0 Å². The molecule has 1 unspecified atom stereocenters. The van der Waals surface area contributed by atoms with Crippen LogP contribution in [0.5, 0.6) is 0 Å². The summed E-state index contributed by atoms with van der Waals surface area (Å²) in [5.41, 5.74) is 0. The standard InChI is InChI=1S/C15H28N2O2/c1-3-16-14(15(18)19-2)8-9-17(10-12-4-5-12)11-13-6-7-13/h12-14,16H,3-11H2,1-2H3. The van der Waals surface area contributed by atoms with Gasteiger partial charge in [-0.3, -0.25) is 4.79 Å². The number of hydrogen-bond donors (Lipinski definition) is 1. The molecular weight excluding hydrogens is 240 g/mol. The zero-order valence-electron chi connectivity index (χ0n) is 12.4. The lowest BCUT2D eigenvalue weighted by Crippen LogP contribution is -2.41. The lowest BCUT2D eigenvalue weighted by atomic mass is 10.2. The number of nitrogens with zero attached hydrogens (tertiary/aromatic N) is 1. The number of likely N-dealkylation sites (N-methyl/N-ethyl adjacent to an activating group) is 1. The first-order valence-corrected chi connectivity index (χ1v) is 7.76. The summed E-state index contributed by atoms with van der Waals surface area (Å²) < 4.78 is 4.86. The van der Waals surface area contributed by atoms with Crippen molar-refractivity contribution < 1.29 is 9.53 Å². The molecule has 0 heterocycles. The quantitative estimate of drug-likeness (QED) is 0.612. The lowest BCUT2D eigenvalue weighted by Gasteiger charge is -2.24. The third-order valence-electron chi connectivity index (χ3n) is 4.10. The molecule has 0 radical (unpaired) electrons. The number of methoxy groups -OCH3 is 1. The molecule has 2 aliphatic carbocycles. The molecule has 1 atom stereocenters. The van der Waals surface area contributed by atoms with Crippen LogP contribution < -0.4 is 5.32 Å². The van der Waals surface area contributed by atoms with Crippen molar-refractivity contribution in [3.05, 3.63) is 0 Å². The van der Waals surface area contributed by atoms with Gasteiger partial charge in [0.2, 0.25) is 0 Å². The van der Waals surface area contributed by atoms with E-state index in [-0.39, 0.29) is 12.0 Å². The average molecular weight is 268 g/mol. The van der Waals surface area contributed by atoms with Gasteiger partial charge in [-0.2, -0.15) is 0 Å². The summed E-state index contributed by atoms with van der Waals surface area (Å²) in [6, 6.07) is -0.143. The van der Waals surface area contributed by atoms with Gasteiger partial charge in [0.1, 0.15) is 6.04 Å². The number of carbonyl (C=O) groups excluding carboxylic acids is 1.